The molecule has 0 saturated heterocycles. The van der Waals surface area contributed by atoms with Crippen molar-refractivity contribution >= 4 is 33.7 Å². The number of hydrogen-bond donors (Lipinski definition) is 1. The lowest BCUT2D eigenvalue weighted by Gasteiger charge is -2.02. The van der Waals surface area contributed by atoms with Gasteiger partial charge in [-0.2, -0.15) is 4.98 Å². The predicted octanol–water partition coefficient (Wildman–Crippen LogP) is 5.19. The number of thiophene rings is 1. The summed E-state index contributed by atoms with van der Waals surface area (Å²) in [4.78, 5) is 22.1. The average molecular weight is 411 g/mol. The van der Waals surface area contributed by atoms with Gasteiger partial charge < -0.3 is 9.84 Å². The van der Waals surface area contributed by atoms with Crippen molar-refractivity contribution in [2.75, 3.05) is 5.32 Å². The van der Waals surface area contributed by atoms with Gasteiger partial charge >= 0.3 is 0 Å². The van der Waals surface area contributed by atoms with Crippen molar-refractivity contribution in [2.45, 2.75) is 26.2 Å². The molecule has 142 valence electrons. The van der Waals surface area contributed by atoms with Crippen molar-refractivity contribution in [3.8, 4) is 22.0 Å². The SMILES string of the molecule is Cc1ccccc1-c1csc(NC(=O)CCCc2nc(-c3cccs3)no2)n1. The second kappa shape index (κ2) is 8.45. The Kier molecular flexibility index (Phi) is 5.59. The second-order valence-electron chi connectivity index (χ2n) is 6.24. The molecule has 0 aliphatic heterocycles. The number of benzene rings is 1. The fraction of sp³-hybridized carbons (Fsp3) is 0.200. The van der Waals surface area contributed by atoms with Crippen LogP contribution in [0, 0.1) is 6.92 Å². The van der Waals surface area contributed by atoms with Gasteiger partial charge in [-0.25, -0.2) is 4.98 Å². The van der Waals surface area contributed by atoms with Gasteiger partial charge in [0.05, 0.1) is 10.6 Å². The Morgan fingerprint density at radius 1 is 1.14 bits per heavy atom. The third kappa shape index (κ3) is 4.35. The lowest BCUT2D eigenvalue weighted by Crippen LogP contribution is -2.11. The van der Waals surface area contributed by atoms with E-state index in [2.05, 4.69) is 20.4 Å². The molecular weight excluding hydrogens is 392 g/mol. The molecule has 4 aromatic rings. The maximum atomic E-state index is 12.2. The number of carbonyl (C=O) groups is 1. The van der Waals surface area contributed by atoms with Gasteiger partial charge in [-0.15, -0.1) is 22.7 Å². The molecule has 3 heterocycles. The Morgan fingerprint density at radius 3 is 2.86 bits per heavy atom. The van der Waals surface area contributed by atoms with Crippen LogP contribution in [-0.4, -0.2) is 21.0 Å². The molecule has 4 rings (SSSR count). The van der Waals surface area contributed by atoms with E-state index < -0.39 is 0 Å². The standard InChI is InChI=1S/C20H18N4O2S2/c1-13-6-2-3-7-14(13)15-12-28-20(21-15)22-17(25)9-4-10-18-23-19(24-26-18)16-8-5-11-27-16/h2-3,5-8,11-12H,4,9-10H2,1H3,(H,21,22,25). The van der Waals surface area contributed by atoms with Crippen LogP contribution in [0.3, 0.4) is 0 Å². The summed E-state index contributed by atoms with van der Waals surface area (Å²) in [5.41, 5.74) is 3.12. The molecule has 0 unspecified atom stereocenters. The number of aromatic nitrogens is 3. The van der Waals surface area contributed by atoms with Crippen LogP contribution in [-0.2, 0) is 11.2 Å². The molecule has 0 bridgehead atoms. The van der Waals surface area contributed by atoms with Gasteiger partial charge in [-0.05, 0) is 30.4 Å². The molecule has 1 N–H and O–H groups in total. The first kappa shape index (κ1) is 18.5. The minimum Gasteiger partial charge on any atom is -0.339 e. The fourth-order valence-electron chi connectivity index (χ4n) is 2.76. The third-order valence-electron chi connectivity index (χ3n) is 4.18. The molecular formula is C20H18N4O2S2. The number of thiazole rings is 1. The summed E-state index contributed by atoms with van der Waals surface area (Å²) in [7, 11) is 0. The molecule has 6 nitrogen and oxygen atoms in total. The van der Waals surface area contributed by atoms with Gasteiger partial charge in [0, 0.05) is 23.8 Å². The third-order valence-corrected chi connectivity index (χ3v) is 5.80. The van der Waals surface area contributed by atoms with E-state index in [1.807, 2.05) is 54.1 Å². The van der Waals surface area contributed by atoms with Crippen molar-refractivity contribution in [1.29, 1.82) is 0 Å². The van der Waals surface area contributed by atoms with Crippen LogP contribution < -0.4 is 5.32 Å². The molecule has 0 aliphatic carbocycles. The summed E-state index contributed by atoms with van der Waals surface area (Å²) in [6.45, 7) is 2.05. The number of nitrogens with one attached hydrogen (secondary N) is 1. The molecule has 0 aliphatic rings. The number of hydrogen-bond acceptors (Lipinski definition) is 7. The van der Waals surface area contributed by atoms with E-state index in [0.717, 1.165) is 21.7 Å². The zero-order valence-corrected chi connectivity index (χ0v) is 16.8. The van der Waals surface area contributed by atoms with E-state index in [1.54, 1.807) is 11.3 Å². The van der Waals surface area contributed by atoms with Crippen molar-refractivity contribution in [1.82, 2.24) is 15.1 Å². The zero-order chi connectivity index (χ0) is 19.3. The Labute approximate surface area is 170 Å². The monoisotopic (exact) mass is 410 g/mol. The Balaban J connectivity index is 1.28. The van der Waals surface area contributed by atoms with Crippen LogP contribution >= 0.6 is 22.7 Å². The molecule has 0 fully saturated rings. The van der Waals surface area contributed by atoms with E-state index in [9.17, 15) is 4.79 Å². The first-order valence-corrected chi connectivity index (χ1v) is 10.6. The van der Waals surface area contributed by atoms with Crippen LogP contribution in [0.1, 0.15) is 24.3 Å². The lowest BCUT2D eigenvalue weighted by molar-refractivity contribution is -0.116. The van der Waals surface area contributed by atoms with Gasteiger partial charge in [0.1, 0.15) is 0 Å². The van der Waals surface area contributed by atoms with Gasteiger partial charge in [0.2, 0.25) is 17.6 Å². The summed E-state index contributed by atoms with van der Waals surface area (Å²) >= 11 is 3.00. The zero-order valence-electron chi connectivity index (χ0n) is 15.2. The number of rotatable bonds is 7. The first-order chi connectivity index (χ1) is 13.7. The van der Waals surface area contributed by atoms with Crippen molar-refractivity contribution in [3.63, 3.8) is 0 Å². The highest BCUT2D eigenvalue weighted by Gasteiger charge is 2.12. The molecule has 8 heteroatoms. The van der Waals surface area contributed by atoms with Crippen LogP contribution in [0.4, 0.5) is 5.13 Å². The molecule has 28 heavy (non-hydrogen) atoms. The van der Waals surface area contributed by atoms with E-state index in [-0.39, 0.29) is 5.91 Å². The molecule has 1 amide bonds. The normalized spacial score (nSPS) is 10.9. The van der Waals surface area contributed by atoms with Gasteiger partial charge in [-0.1, -0.05) is 35.5 Å². The Hall–Kier alpha value is -2.84. The molecule has 1 aromatic carbocycles. The van der Waals surface area contributed by atoms with E-state index in [1.165, 1.54) is 11.3 Å². The topological polar surface area (TPSA) is 80.9 Å². The average Bonchev–Trinajstić information content (AvgIpc) is 3.44. The van der Waals surface area contributed by atoms with Crippen molar-refractivity contribution in [3.05, 3.63) is 58.6 Å². The van der Waals surface area contributed by atoms with Crippen LogP contribution in [0.2, 0.25) is 0 Å². The largest absolute Gasteiger partial charge is 0.339 e. The Morgan fingerprint density at radius 2 is 2.04 bits per heavy atom. The van der Waals surface area contributed by atoms with E-state index in [4.69, 9.17) is 4.52 Å². The Bertz CT molecular complexity index is 1070. The summed E-state index contributed by atoms with van der Waals surface area (Å²) < 4.78 is 5.26. The summed E-state index contributed by atoms with van der Waals surface area (Å²) in [6, 6.07) is 12.0. The maximum Gasteiger partial charge on any atom is 0.226 e. The van der Waals surface area contributed by atoms with Crippen LogP contribution in [0.5, 0.6) is 0 Å². The van der Waals surface area contributed by atoms with Crippen LogP contribution in [0.15, 0.2) is 51.7 Å². The highest BCUT2D eigenvalue weighted by atomic mass is 32.1. The van der Waals surface area contributed by atoms with Gasteiger partial charge in [0.25, 0.3) is 0 Å². The minimum atomic E-state index is -0.0660. The molecule has 0 radical (unpaired) electrons. The second-order valence-corrected chi connectivity index (χ2v) is 8.05. The number of amides is 1. The number of nitrogens with zero attached hydrogens (tertiary/aromatic N) is 3. The highest BCUT2D eigenvalue weighted by molar-refractivity contribution is 7.14. The molecule has 0 saturated carbocycles. The number of aryl methyl sites for hydroxylation is 2. The van der Waals surface area contributed by atoms with Gasteiger partial charge in [-0.3, -0.25) is 4.79 Å². The minimum absolute atomic E-state index is 0.0660. The smallest absolute Gasteiger partial charge is 0.226 e. The van der Waals surface area contributed by atoms with Gasteiger partial charge in [0.15, 0.2) is 5.13 Å². The fourth-order valence-corrected chi connectivity index (χ4v) is 4.14. The van der Waals surface area contributed by atoms with Crippen molar-refractivity contribution < 1.29 is 9.32 Å². The lowest BCUT2D eigenvalue weighted by atomic mass is 10.1. The van der Waals surface area contributed by atoms with Crippen molar-refractivity contribution in [2.24, 2.45) is 0 Å². The predicted molar refractivity (Wildman–Crippen MR) is 111 cm³/mol. The first-order valence-electron chi connectivity index (χ1n) is 8.87. The maximum absolute atomic E-state index is 12.2. The van der Waals surface area contributed by atoms with E-state index >= 15 is 0 Å². The number of anilines is 1. The molecule has 3 aromatic heterocycles. The summed E-state index contributed by atoms with van der Waals surface area (Å²) in [5, 5.41) is 11.4. The number of carbonyl (C=O) groups excluding carboxylic acids is 1. The highest BCUT2D eigenvalue weighted by Crippen LogP contribution is 2.27. The quantitative estimate of drug-likeness (QED) is 0.453. The summed E-state index contributed by atoms with van der Waals surface area (Å²) in [5.74, 6) is 1.08. The van der Waals surface area contributed by atoms with Crippen LogP contribution in [0.25, 0.3) is 22.0 Å². The summed E-state index contributed by atoms with van der Waals surface area (Å²) in [6.07, 6.45) is 1.57. The molecule has 0 atom stereocenters. The van der Waals surface area contributed by atoms with E-state index in [0.29, 0.717) is 36.1 Å². The molecule has 0 spiro atoms.